The Morgan fingerprint density at radius 3 is 2.83 bits per heavy atom. The summed E-state index contributed by atoms with van der Waals surface area (Å²) in [7, 11) is 1.55. The molecule has 8 heteroatoms. The summed E-state index contributed by atoms with van der Waals surface area (Å²) >= 11 is 0. The van der Waals surface area contributed by atoms with Crippen LogP contribution in [-0.4, -0.2) is 44.9 Å². The Hall–Kier alpha value is -2.45. The Morgan fingerprint density at radius 2 is 2.17 bits per heavy atom. The maximum absolute atomic E-state index is 11.1. The Balaban J connectivity index is 2.06. The number of benzene rings is 1. The van der Waals surface area contributed by atoms with Gasteiger partial charge in [0.15, 0.2) is 5.82 Å². The fourth-order valence-electron chi connectivity index (χ4n) is 2.12. The molecule has 0 aliphatic rings. The summed E-state index contributed by atoms with van der Waals surface area (Å²) in [5.41, 5.74) is 0.664. The van der Waals surface area contributed by atoms with E-state index in [1.54, 1.807) is 13.2 Å². The first-order valence-electron chi connectivity index (χ1n) is 7.11. The number of methoxy groups -OCH3 is 1. The first-order chi connectivity index (χ1) is 11.0. The molecule has 1 heterocycles. The molecular weight excluding hydrogens is 302 g/mol. The Morgan fingerprint density at radius 1 is 1.39 bits per heavy atom. The van der Waals surface area contributed by atoms with E-state index in [0.29, 0.717) is 31.3 Å². The second-order valence-corrected chi connectivity index (χ2v) is 5.00. The molecule has 1 aromatic carbocycles. The quantitative estimate of drug-likeness (QED) is 0.755. The average molecular weight is 321 g/mol. The van der Waals surface area contributed by atoms with Gasteiger partial charge in [-0.15, -0.1) is 0 Å². The van der Waals surface area contributed by atoms with Crippen LogP contribution in [0.2, 0.25) is 0 Å². The molecule has 0 aliphatic carbocycles. The fourth-order valence-corrected chi connectivity index (χ4v) is 2.12. The predicted octanol–water partition coefficient (Wildman–Crippen LogP) is 1.64. The predicted molar refractivity (Wildman–Crippen MR) is 79.9 cm³/mol. The van der Waals surface area contributed by atoms with Crippen molar-refractivity contribution >= 4 is 5.97 Å². The summed E-state index contributed by atoms with van der Waals surface area (Å²) < 4.78 is 10.1. The molecule has 0 spiro atoms. The van der Waals surface area contributed by atoms with E-state index in [1.807, 2.05) is 11.8 Å². The summed E-state index contributed by atoms with van der Waals surface area (Å²) in [6.07, 6.45) is 0. The molecule has 2 N–H and O–H groups in total. The van der Waals surface area contributed by atoms with Crippen molar-refractivity contribution in [1.29, 1.82) is 0 Å². The Kier molecular flexibility index (Phi) is 5.67. The number of aromatic hydroxyl groups is 1. The van der Waals surface area contributed by atoms with E-state index in [1.165, 1.54) is 12.1 Å². The highest BCUT2D eigenvalue weighted by Gasteiger charge is 2.14. The minimum Gasteiger partial charge on any atom is -0.507 e. The van der Waals surface area contributed by atoms with Crippen molar-refractivity contribution in [1.82, 2.24) is 15.0 Å². The van der Waals surface area contributed by atoms with Crippen LogP contribution in [0.15, 0.2) is 22.7 Å². The number of rotatable bonds is 8. The Bertz CT molecular complexity index is 671. The van der Waals surface area contributed by atoms with E-state index in [4.69, 9.17) is 14.4 Å². The van der Waals surface area contributed by atoms with E-state index in [0.717, 1.165) is 5.56 Å². The number of phenols is 1. The highest BCUT2D eigenvalue weighted by Crippen LogP contribution is 2.20. The lowest BCUT2D eigenvalue weighted by molar-refractivity contribution is 0.0693. The molecule has 0 bridgehead atoms. The van der Waals surface area contributed by atoms with Crippen LogP contribution in [0, 0.1) is 0 Å². The van der Waals surface area contributed by atoms with Gasteiger partial charge in [-0.2, -0.15) is 4.98 Å². The minimum atomic E-state index is -1.16. The van der Waals surface area contributed by atoms with Gasteiger partial charge in [-0.1, -0.05) is 18.1 Å². The van der Waals surface area contributed by atoms with Gasteiger partial charge in [-0.3, -0.25) is 4.90 Å². The molecule has 0 fully saturated rings. The van der Waals surface area contributed by atoms with Gasteiger partial charge < -0.3 is 19.5 Å². The van der Waals surface area contributed by atoms with Crippen LogP contribution >= 0.6 is 0 Å². The van der Waals surface area contributed by atoms with Gasteiger partial charge in [0.25, 0.3) is 0 Å². The van der Waals surface area contributed by atoms with E-state index in [-0.39, 0.29) is 17.9 Å². The third kappa shape index (κ3) is 4.51. The first-order valence-corrected chi connectivity index (χ1v) is 7.11. The lowest BCUT2D eigenvalue weighted by Gasteiger charge is -2.18. The van der Waals surface area contributed by atoms with Crippen molar-refractivity contribution in [3.05, 3.63) is 41.0 Å². The molecule has 0 saturated carbocycles. The summed E-state index contributed by atoms with van der Waals surface area (Å²) in [4.78, 5) is 17.3. The molecule has 23 heavy (non-hydrogen) atoms. The van der Waals surface area contributed by atoms with Crippen molar-refractivity contribution in [2.24, 2.45) is 0 Å². The largest absolute Gasteiger partial charge is 0.507 e. The fraction of sp³-hybridized carbons (Fsp3) is 0.400. The molecule has 0 atom stereocenters. The van der Waals surface area contributed by atoms with Crippen LogP contribution in [0.4, 0.5) is 0 Å². The van der Waals surface area contributed by atoms with E-state index in [9.17, 15) is 9.90 Å². The summed E-state index contributed by atoms with van der Waals surface area (Å²) in [6, 6.07) is 4.54. The second kappa shape index (κ2) is 7.70. The minimum absolute atomic E-state index is 0.112. The lowest BCUT2D eigenvalue weighted by Crippen LogP contribution is -2.22. The summed E-state index contributed by atoms with van der Waals surface area (Å²) in [6.45, 7) is 3.92. The van der Waals surface area contributed by atoms with Crippen molar-refractivity contribution in [3.8, 4) is 5.75 Å². The Labute approximate surface area is 133 Å². The van der Waals surface area contributed by atoms with Gasteiger partial charge in [0.1, 0.15) is 17.9 Å². The van der Waals surface area contributed by atoms with E-state index < -0.39 is 5.97 Å². The number of aromatic nitrogens is 2. The first kappa shape index (κ1) is 16.9. The molecule has 0 amide bonds. The number of carboxylic acid groups (broad SMARTS) is 1. The third-order valence-electron chi connectivity index (χ3n) is 3.29. The van der Waals surface area contributed by atoms with Crippen molar-refractivity contribution < 1.29 is 24.3 Å². The van der Waals surface area contributed by atoms with Gasteiger partial charge in [-0.05, 0) is 24.2 Å². The number of carboxylic acids is 1. The van der Waals surface area contributed by atoms with Gasteiger partial charge in [0.2, 0.25) is 5.89 Å². The number of aromatic carboxylic acids is 1. The van der Waals surface area contributed by atoms with E-state index >= 15 is 0 Å². The highest BCUT2D eigenvalue weighted by atomic mass is 16.5. The van der Waals surface area contributed by atoms with Gasteiger partial charge in [0, 0.05) is 13.7 Å². The highest BCUT2D eigenvalue weighted by molar-refractivity contribution is 5.90. The van der Waals surface area contributed by atoms with Gasteiger partial charge in [-0.25, -0.2) is 4.79 Å². The zero-order valence-corrected chi connectivity index (χ0v) is 13.0. The maximum Gasteiger partial charge on any atom is 0.339 e. The summed E-state index contributed by atoms with van der Waals surface area (Å²) in [5.74, 6) is -0.452. The maximum atomic E-state index is 11.1. The molecule has 1 aromatic heterocycles. The average Bonchev–Trinajstić information content (AvgIpc) is 2.95. The van der Waals surface area contributed by atoms with E-state index in [2.05, 4.69) is 10.1 Å². The topological polar surface area (TPSA) is 109 Å². The third-order valence-corrected chi connectivity index (χ3v) is 3.29. The van der Waals surface area contributed by atoms with Gasteiger partial charge in [0.05, 0.1) is 6.54 Å². The van der Waals surface area contributed by atoms with Crippen LogP contribution in [0.25, 0.3) is 0 Å². The number of carbonyl (C=O) groups is 1. The summed E-state index contributed by atoms with van der Waals surface area (Å²) in [5, 5.41) is 22.4. The number of ether oxygens (including phenoxy) is 1. The van der Waals surface area contributed by atoms with Crippen LogP contribution in [-0.2, 0) is 24.4 Å². The smallest absolute Gasteiger partial charge is 0.339 e. The molecule has 0 aliphatic heterocycles. The standard InChI is InChI=1S/C15H19N3O5/c1-3-18(8-14-16-13(9-22-2)17-23-14)7-10-4-5-12(19)11(6-10)15(20)21/h4-6,19H,3,7-9H2,1-2H3,(H,20,21). The molecule has 0 saturated heterocycles. The molecule has 124 valence electrons. The lowest BCUT2D eigenvalue weighted by atomic mass is 10.1. The van der Waals surface area contributed by atoms with Crippen LogP contribution in [0.1, 0.15) is 34.6 Å². The second-order valence-electron chi connectivity index (χ2n) is 5.00. The normalized spacial score (nSPS) is 11.1. The van der Waals surface area contributed by atoms with Crippen molar-refractivity contribution in [2.45, 2.75) is 26.6 Å². The zero-order valence-electron chi connectivity index (χ0n) is 13.0. The molecule has 0 unspecified atom stereocenters. The number of nitrogens with zero attached hydrogens (tertiary/aromatic N) is 3. The molecule has 0 radical (unpaired) electrons. The van der Waals surface area contributed by atoms with Crippen LogP contribution in [0.5, 0.6) is 5.75 Å². The molecule has 2 aromatic rings. The monoisotopic (exact) mass is 321 g/mol. The van der Waals surface area contributed by atoms with Crippen LogP contribution < -0.4 is 0 Å². The van der Waals surface area contributed by atoms with Crippen molar-refractivity contribution in [2.75, 3.05) is 13.7 Å². The molecule has 2 rings (SSSR count). The molecule has 8 nitrogen and oxygen atoms in total. The van der Waals surface area contributed by atoms with Crippen LogP contribution in [0.3, 0.4) is 0 Å². The van der Waals surface area contributed by atoms with Gasteiger partial charge >= 0.3 is 5.97 Å². The van der Waals surface area contributed by atoms with Crippen molar-refractivity contribution in [3.63, 3.8) is 0 Å². The zero-order chi connectivity index (χ0) is 16.8. The molecular formula is C15H19N3O5. The SMILES string of the molecule is CCN(Cc1ccc(O)c(C(=O)O)c1)Cc1nc(COC)no1. The number of hydrogen-bond donors (Lipinski definition) is 2. The number of hydrogen-bond acceptors (Lipinski definition) is 7.